The molecule has 0 amide bonds. The SMILES string of the molecule is O=S(=O)(NCCc1ccc(F)cc1)c1ccc(F)c(F)c1F. The highest BCUT2D eigenvalue weighted by molar-refractivity contribution is 7.89. The standard InChI is InChI=1S/C14H11F4NO2S/c15-10-3-1-9(2-4-10)7-8-19-22(20,21)12-6-5-11(16)13(17)14(12)18/h1-6,19H,7-8H2. The van der Waals surface area contributed by atoms with Crippen LogP contribution in [0.2, 0.25) is 0 Å². The van der Waals surface area contributed by atoms with Gasteiger partial charge < -0.3 is 0 Å². The van der Waals surface area contributed by atoms with Gasteiger partial charge in [-0.15, -0.1) is 0 Å². The Hall–Kier alpha value is -1.93. The predicted octanol–water partition coefficient (Wildman–Crippen LogP) is 2.76. The van der Waals surface area contributed by atoms with E-state index >= 15 is 0 Å². The van der Waals surface area contributed by atoms with Gasteiger partial charge in [-0.05, 0) is 36.2 Å². The van der Waals surface area contributed by atoms with Crippen LogP contribution in [0.5, 0.6) is 0 Å². The third-order valence-electron chi connectivity index (χ3n) is 2.91. The molecule has 2 aromatic carbocycles. The predicted molar refractivity (Wildman–Crippen MR) is 71.6 cm³/mol. The van der Waals surface area contributed by atoms with E-state index in [2.05, 4.69) is 4.72 Å². The van der Waals surface area contributed by atoms with E-state index in [9.17, 15) is 26.0 Å². The second kappa shape index (κ2) is 6.45. The van der Waals surface area contributed by atoms with Gasteiger partial charge in [0.1, 0.15) is 10.7 Å². The summed E-state index contributed by atoms with van der Waals surface area (Å²) in [5.74, 6) is -5.51. The zero-order valence-corrected chi connectivity index (χ0v) is 11.9. The molecule has 0 bridgehead atoms. The van der Waals surface area contributed by atoms with Gasteiger partial charge in [0.25, 0.3) is 0 Å². The van der Waals surface area contributed by atoms with E-state index in [1.54, 1.807) is 0 Å². The molecule has 2 rings (SSSR count). The van der Waals surface area contributed by atoms with Crippen molar-refractivity contribution in [2.24, 2.45) is 0 Å². The summed E-state index contributed by atoms with van der Waals surface area (Å²) in [6.45, 7) is -0.105. The summed E-state index contributed by atoms with van der Waals surface area (Å²) in [4.78, 5) is -0.967. The fourth-order valence-corrected chi connectivity index (χ4v) is 2.87. The lowest BCUT2D eigenvalue weighted by Gasteiger charge is -2.08. The van der Waals surface area contributed by atoms with Crippen LogP contribution in [0.4, 0.5) is 17.6 Å². The van der Waals surface area contributed by atoms with Crippen LogP contribution in [-0.2, 0) is 16.4 Å². The number of hydrogen-bond donors (Lipinski definition) is 1. The molecule has 3 nitrogen and oxygen atoms in total. The van der Waals surface area contributed by atoms with E-state index in [4.69, 9.17) is 0 Å². The van der Waals surface area contributed by atoms with Gasteiger partial charge in [0.2, 0.25) is 10.0 Å². The van der Waals surface area contributed by atoms with Crippen LogP contribution in [0.25, 0.3) is 0 Å². The Labute approximate surface area is 124 Å². The normalized spacial score (nSPS) is 11.6. The number of nitrogens with one attached hydrogen (secondary N) is 1. The van der Waals surface area contributed by atoms with Gasteiger partial charge in [-0.2, -0.15) is 0 Å². The molecular weight excluding hydrogens is 322 g/mol. The van der Waals surface area contributed by atoms with Crippen LogP contribution in [0, 0.1) is 23.3 Å². The van der Waals surface area contributed by atoms with Crippen molar-refractivity contribution in [3.05, 3.63) is 65.2 Å². The molecule has 0 atom stereocenters. The number of sulfonamides is 1. The van der Waals surface area contributed by atoms with E-state index in [1.807, 2.05) is 0 Å². The minimum Gasteiger partial charge on any atom is -0.211 e. The van der Waals surface area contributed by atoms with Gasteiger partial charge >= 0.3 is 0 Å². The maximum Gasteiger partial charge on any atom is 0.243 e. The first-order valence-electron chi connectivity index (χ1n) is 6.19. The number of benzene rings is 2. The van der Waals surface area contributed by atoms with E-state index in [0.29, 0.717) is 17.7 Å². The highest BCUT2D eigenvalue weighted by Crippen LogP contribution is 2.19. The quantitative estimate of drug-likeness (QED) is 0.676. The highest BCUT2D eigenvalue weighted by Gasteiger charge is 2.23. The van der Waals surface area contributed by atoms with Crippen LogP contribution in [0.15, 0.2) is 41.3 Å². The molecule has 118 valence electrons. The van der Waals surface area contributed by atoms with Crippen molar-refractivity contribution in [3.8, 4) is 0 Å². The average Bonchev–Trinajstić information content (AvgIpc) is 2.46. The molecule has 0 aromatic heterocycles. The Bertz CT molecular complexity index is 776. The molecule has 1 N–H and O–H groups in total. The van der Waals surface area contributed by atoms with E-state index in [1.165, 1.54) is 24.3 Å². The lowest BCUT2D eigenvalue weighted by molar-refractivity contribution is 0.431. The zero-order valence-electron chi connectivity index (χ0n) is 11.1. The second-order valence-corrected chi connectivity index (χ2v) is 6.18. The summed E-state index contributed by atoms with van der Waals surface area (Å²) < 4.78 is 77.9. The largest absolute Gasteiger partial charge is 0.243 e. The summed E-state index contributed by atoms with van der Waals surface area (Å²) >= 11 is 0. The monoisotopic (exact) mass is 333 g/mol. The van der Waals surface area contributed by atoms with Gasteiger partial charge in [0.05, 0.1) is 0 Å². The van der Waals surface area contributed by atoms with Crippen molar-refractivity contribution in [1.82, 2.24) is 4.72 Å². The van der Waals surface area contributed by atoms with Gasteiger partial charge in [-0.25, -0.2) is 30.7 Å². The van der Waals surface area contributed by atoms with Crippen LogP contribution in [0.1, 0.15) is 5.56 Å². The molecule has 0 fully saturated rings. The Kier molecular flexibility index (Phi) is 4.82. The summed E-state index contributed by atoms with van der Waals surface area (Å²) in [6.07, 6.45) is 0.227. The lowest BCUT2D eigenvalue weighted by Crippen LogP contribution is -2.27. The first-order valence-corrected chi connectivity index (χ1v) is 7.67. The summed E-state index contributed by atoms with van der Waals surface area (Å²) in [7, 11) is -4.31. The van der Waals surface area contributed by atoms with E-state index in [0.717, 1.165) is 0 Å². The molecule has 0 aliphatic carbocycles. The van der Waals surface area contributed by atoms with Crippen molar-refractivity contribution in [2.75, 3.05) is 6.54 Å². The lowest BCUT2D eigenvalue weighted by atomic mass is 10.1. The summed E-state index contributed by atoms with van der Waals surface area (Å²) in [6, 6.07) is 6.57. The number of rotatable bonds is 5. The van der Waals surface area contributed by atoms with Crippen LogP contribution < -0.4 is 4.72 Å². The maximum atomic E-state index is 13.5. The smallest absolute Gasteiger partial charge is 0.211 e. The zero-order chi connectivity index (χ0) is 16.3. The molecule has 0 spiro atoms. The first kappa shape index (κ1) is 16.4. The van der Waals surface area contributed by atoms with Crippen molar-refractivity contribution in [3.63, 3.8) is 0 Å². The number of halogens is 4. The van der Waals surface area contributed by atoms with Gasteiger partial charge in [-0.3, -0.25) is 0 Å². The molecule has 0 heterocycles. The second-order valence-electron chi connectivity index (χ2n) is 4.45. The van der Waals surface area contributed by atoms with Gasteiger partial charge in [0, 0.05) is 6.54 Å². The summed E-state index contributed by atoms with van der Waals surface area (Å²) in [5, 5.41) is 0. The topological polar surface area (TPSA) is 46.2 Å². The van der Waals surface area contributed by atoms with Crippen molar-refractivity contribution in [2.45, 2.75) is 11.3 Å². The Morgan fingerprint density at radius 2 is 1.50 bits per heavy atom. The minimum atomic E-state index is -4.31. The maximum absolute atomic E-state index is 13.5. The molecule has 0 radical (unpaired) electrons. The van der Waals surface area contributed by atoms with Crippen LogP contribution >= 0.6 is 0 Å². The van der Waals surface area contributed by atoms with Crippen LogP contribution in [-0.4, -0.2) is 15.0 Å². The fourth-order valence-electron chi connectivity index (χ4n) is 1.77. The van der Waals surface area contributed by atoms with Crippen molar-refractivity contribution >= 4 is 10.0 Å². The molecule has 0 saturated carbocycles. The highest BCUT2D eigenvalue weighted by atomic mass is 32.2. The van der Waals surface area contributed by atoms with Gasteiger partial charge in [-0.1, -0.05) is 12.1 Å². The van der Waals surface area contributed by atoms with Gasteiger partial charge in [0.15, 0.2) is 17.5 Å². The van der Waals surface area contributed by atoms with Crippen LogP contribution in [0.3, 0.4) is 0 Å². The Morgan fingerprint density at radius 1 is 0.864 bits per heavy atom. The fraction of sp³-hybridized carbons (Fsp3) is 0.143. The molecule has 8 heteroatoms. The molecule has 22 heavy (non-hydrogen) atoms. The Morgan fingerprint density at radius 3 is 2.14 bits per heavy atom. The number of hydrogen-bond acceptors (Lipinski definition) is 2. The van der Waals surface area contributed by atoms with E-state index in [-0.39, 0.29) is 13.0 Å². The third-order valence-corrected chi connectivity index (χ3v) is 4.39. The van der Waals surface area contributed by atoms with Crippen molar-refractivity contribution in [1.29, 1.82) is 0 Å². The molecule has 0 unspecified atom stereocenters. The minimum absolute atomic E-state index is 0.105. The molecule has 2 aromatic rings. The van der Waals surface area contributed by atoms with Crippen molar-refractivity contribution < 1.29 is 26.0 Å². The summed E-state index contributed by atoms with van der Waals surface area (Å²) in [5.41, 5.74) is 0.662. The first-order chi connectivity index (χ1) is 10.3. The van der Waals surface area contributed by atoms with E-state index < -0.39 is 38.2 Å². The molecule has 0 aliphatic heterocycles. The Balaban J connectivity index is 2.08. The third kappa shape index (κ3) is 3.63. The molecular formula is C14H11F4NO2S. The molecule has 0 aliphatic rings. The average molecular weight is 333 g/mol. The molecule has 0 saturated heterocycles.